The van der Waals surface area contributed by atoms with Crippen LogP contribution >= 0.6 is 0 Å². The summed E-state index contributed by atoms with van der Waals surface area (Å²) in [6.07, 6.45) is 9.62. The third kappa shape index (κ3) is 3.90. The molecule has 0 saturated heterocycles. The van der Waals surface area contributed by atoms with Crippen LogP contribution in [0, 0.1) is 11.8 Å². The van der Waals surface area contributed by atoms with Crippen LogP contribution in [0.4, 0.5) is 5.69 Å². The highest BCUT2D eigenvalue weighted by Gasteiger charge is 2.32. The van der Waals surface area contributed by atoms with Gasteiger partial charge >= 0.3 is 0 Å². The maximum atomic E-state index is 12.6. The Morgan fingerprint density at radius 1 is 0.933 bits per heavy atom. The predicted octanol–water partition coefficient (Wildman–Crippen LogP) is 5.15. The third-order valence-electron chi connectivity index (χ3n) is 7.05. The van der Waals surface area contributed by atoms with Crippen LogP contribution in [-0.4, -0.2) is 23.3 Å². The number of benzene rings is 1. The standard InChI is InChI=1S/C25H30N2O3/c28-24(18-5-2-1-3-6-18)26-21-11-9-17(10-12-21)23-15-20-16-27(14-13-22(20)30-23)25(29)19-7-4-8-19/h9-12,15,18-19H,1-8,13-14,16H2,(H,26,28). The Morgan fingerprint density at radius 2 is 1.67 bits per heavy atom. The number of hydrogen-bond donors (Lipinski definition) is 1. The number of carbonyl (C=O) groups is 2. The van der Waals surface area contributed by atoms with Crippen molar-refractivity contribution in [1.29, 1.82) is 0 Å². The molecule has 158 valence electrons. The summed E-state index contributed by atoms with van der Waals surface area (Å²) in [5, 5.41) is 3.07. The van der Waals surface area contributed by atoms with Crippen molar-refractivity contribution in [1.82, 2.24) is 4.90 Å². The molecule has 2 heterocycles. The smallest absolute Gasteiger partial charge is 0.227 e. The molecule has 3 aliphatic rings. The fourth-order valence-corrected chi connectivity index (χ4v) is 4.90. The normalized spacial score (nSPS) is 19.8. The van der Waals surface area contributed by atoms with E-state index in [4.69, 9.17) is 4.42 Å². The molecule has 2 aromatic rings. The van der Waals surface area contributed by atoms with Gasteiger partial charge in [-0.2, -0.15) is 0 Å². The summed E-state index contributed by atoms with van der Waals surface area (Å²) in [5.41, 5.74) is 2.96. The number of carbonyl (C=O) groups excluding carboxylic acids is 2. The van der Waals surface area contributed by atoms with Gasteiger partial charge < -0.3 is 14.6 Å². The van der Waals surface area contributed by atoms with Crippen LogP contribution in [0.3, 0.4) is 0 Å². The SMILES string of the molecule is O=C(Nc1ccc(-c2cc3c(o2)CCN(C(=O)C2CCC2)C3)cc1)C1CCCCC1. The van der Waals surface area contributed by atoms with E-state index in [-0.39, 0.29) is 17.7 Å². The Bertz CT molecular complexity index is 920. The molecule has 1 aromatic heterocycles. The van der Waals surface area contributed by atoms with E-state index in [0.717, 1.165) is 79.8 Å². The number of anilines is 1. The first-order valence-corrected chi connectivity index (χ1v) is 11.5. The molecule has 0 spiro atoms. The molecule has 5 heteroatoms. The van der Waals surface area contributed by atoms with Crippen LogP contribution in [0.2, 0.25) is 0 Å². The minimum Gasteiger partial charge on any atom is -0.461 e. The van der Waals surface area contributed by atoms with E-state index < -0.39 is 0 Å². The lowest BCUT2D eigenvalue weighted by Crippen LogP contribution is -2.41. The molecule has 30 heavy (non-hydrogen) atoms. The van der Waals surface area contributed by atoms with Gasteiger partial charge in [0.1, 0.15) is 11.5 Å². The van der Waals surface area contributed by atoms with Crippen molar-refractivity contribution in [2.45, 2.75) is 64.3 Å². The van der Waals surface area contributed by atoms with E-state index in [1.165, 1.54) is 12.8 Å². The minimum absolute atomic E-state index is 0.145. The van der Waals surface area contributed by atoms with Crippen molar-refractivity contribution in [2.75, 3.05) is 11.9 Å². The quantitative estimate of drug-likeness (QED) is 0.764. The topological polar surface area (TPSA) is 62.6 Å². The van der Waals surface area contributed by atoms with Gasteiger partial charge in [0.15, 0.2) is 0 Å². The van der Waals surface area contributed by atoms with Crippen molar-refractivity contribution in [3.05, 3.63) is 41.7 Å². The summed E-state index contributed by atoms with van der Waals surface area (Å²) in [6.45, 7) is 1.41. The second-order valence-corrected chi connectivity index (χ2v) is 9.10. The van der Waals surface area contributed by atoms with Crippen LogP contribution < -0.4 is 5.32 Å². The Kier molecular flexibility index (Phi) is 5.36. The zero-order valence-corrected chi connectivity index (χ0v) is 17.5. The summed E-state index contributed by atoms with van der Waals surface area (Å²) in [5.74, 6) is 2.69. The number of fused-ring (bicyclic) bond motifs is 1. The molecule has 1 aromatic carbocycles. The maximum Gasteiger partial charge on any atom is 0.227 e. The van der Waals surface area contributed by atoms with Gasteiger partial charge in [-0.25, -0.2) is 0 Å². The Labute approximate surface area is 177 Å². The van der Waals surface area contributed by atoms with Crippen LogP contribution in [0.15, 0.2) is 34.7 Å². The second-order valence-electron chi connectivity index (χ2n) is 9.10. The molecule has 0 unspecified atom stereocenters. The molecule has 0 radical (unpaired) electrons. The number of furan rings is 1. The number of rotatable bonds is 4. The van der Waals surface area contributed by atoms with Crippen molar-refractivity contribution in [2.24, 2.45) is 11.8 Å². The largest absolute Gasteiger partial charge is 0.461 e. The van der Waals surface area contributed by atoms with Crippen molar-refractivity contribution in [3.8, 4) is 11.3 Å². The van der Waals surface area contributed by atoms with Gasteiger partial charge in [-0.05, 0) is 56.0 Å². The maximum absolute atomic E-state index is 12.6. The van der Waals surface area contributed by atoms with Crippen LogP contribution in [-0.2, 0) is 22.6 Å². The van der Waals surface area contributed by atoms with Crippen LogP contribution in [0.1, 0.15) is 62.7 Å². The highest BCUT2D eigenvalue weighted by Crippen LogP contribution is 2.33. The molecule has 5 rings (SSSR count). The molecule has 5 nitrogen and oxygen atoms in total. The summed E-state index contributed by atoms with van der Waals surface area (Å²) < 4.78 is 6.11. The van der Waals surface area contributed by atoms with Crippen molar-refractivity contribution < 1.29 is 14.0 Å². The van der Waals surface area contributed by atoms with Gasteiger partial charge in [-0.15, -0.1) is 0 Å². The van der Waals surface area contributed by atoms with E-state index in [1.807, 2.05) is 29.2 Å². The Morgan fingerprint density at radius 3 is 2.37 bits per heavy atom. The molecule has 2 saturated carbocycles. The van der Waals surface area contributed by atoms with E-state index in [9.17, 15) is 9.59 Å². The minimum atomic E-state index is 0.145. The van der Waals surface area contributed by atoms with Gasteiger partial charge in [-0.3, -0.25) is 9.59 Å². The first-order chi connectivity index (χ1) is 14.7. The average molecular weight is 407 g/mol. The lowest BCUT2D eigenvalue weighted by Gasteiger charge is -2.33. The number of amides is 2. The molecule has 2 amide bonds. The van der Waals surface area contributed by atoms with Gasteiger partial charge in [0.2, 0.25) is 11.8 Å². The zero-order chi connectivity index (χ0) is 20.5. The molecule has 2 aliphatic carbocycles. The molecule has 0 atom stereocenters. The van der Waals surface area contributed by atoms with E-state index in [0.29, 0.717) is 12.5 Å². The Balaban J connectivity index is 1.24. The van der Waals surface area contributed by atoms with Crippen LogP contribution in [0.5, 0.6) is 0 Å². The fourth-order valence-electron chi connectivity index (χ4n) is 4.90. The van der Waals surface area contributed by atoms with Gasteiger partial charge in [0, 0.05) is 48.2 Å². The molecular weight excluding hydrogens is 376 g/mol. The van der Waals surface area contributed by atoms with E-state index in [1.54, 1.807) is 0 Å². The first-order valence-electron chi connectivity index (χ1n) is 11.5. The van der Waals surface area contributed by atoms with Crippen molar-refractivity contribution >= 4 is 17.5 Å². The number of nitrogens with one attached hydrogen (secondary N) is 1. The van der Waals surface area contributed by atoms with Gasteiger partial charge in [0.05, 0.1) is 0 Å². The zero-order valence-electron chi connectivity index (χ0n) is 17.5. The lowest BCUT2D eigenvalue weighted by atomic mass is 9.84. The summed E-state index contributed by atoms with van der Waals surface area (Å²) >= 11 is 0. The third-order valence-corrected chi connectivity index (χ3v) is 7.05. The average Bonchev–Trinajstić information content (AvgIpc) is 3.17. The molecular formula is C25H30N2O3. The molecule has 2 fully saturated rings. The van der Waals surface area contributed by atoms with Crippen molar-refractivity contribution in [3.63, 3.8) is 0 Å². The van der Waals surface area contributed by atoms with E-state index >= 15 is 0 Å². The van der Waals surface area contributed by atoms with Gasteiger partial charge in [-0.1, -0.05) is 25.7 Å². The summed E-state index contributed by atoms with van der Waals surface area (Å²) in [7, 11) is 0. The number of hydrogen-bond acceptors (Lipinski definition) is 3. The monoisotopic (exact) mass is 406 g/mol. The molecule has 1 aliphatic heterocycles. The first kappa shape index (κ1) is 19.4. The second kappa shape index (κ2) is 8.29. The summed E-state index contributed by atoms with van der Waals surface area (Å²) in [6, 6.07) is 9.97. The predicted molar refractivity (Wildman–Crippen MR) is 116 cm³/mol. The van der Waals surface area contributed by atoms with E-state index in [2.05, 4.69) is 11.4 Å². The highest BCUT2D eigenvalue weighted by molar-refractivity contribution is 5.92. The Hall–Kier alpha value is -2.56. The highest BCUT2D eigenvalue weighted by atomic mass is 16.3. The van der Waals surface area contributed by atoms with Crippen LogP contribution in [0.25, 0.3) is 11.3 Å². The molecule has 1 N–H and O–H groups in total. The lowest BCUT2D eigenvalue weighted by molar-refractivity contribution is -0.139. The summed E-state index contributed by atoms with van der Waals surface area (Å²) in [4.78, 5) is 27.0. The fraction of sp³-hybridized carbons (Fsp3) is 0.520. The molecule has 0 bridgehead atoms. The number of nitrogens with zero attached hydrogens (tertiary/aromatic N) is 1. The van der Waals surface area contributed by atoms with Gasteiger partial charge in [0.25, 0.3) is 0 Å².